The molecule has 0 heterocycles. The van der Waals surface area contributed by atoms with Crippen LogP contribution in [0.2, 0.25) is 0 Å². The van der Waals surface area contributed by atoms with Crippen LogP contribution in [-0.4, -0.2) is 25.3 Å². The van der Waals surface area contributed by atoms with E-state index in [1.165, 1.54) is 0 Å². The molecule has 0 aliphatic rings. The zero-order valence-corrected chi connectivity index (χ0v) is 10.3. The second-order valence-electron chi connectivity index (χ2n) is 2.96. The predicted octanol–water partition coefficient (Wildman–Crippen LogP) is 2.10. The fraction of sp³-hybridized carbons (Fsp3) is 0.833. The molecule has 0 nitrogen and oxygen atoms in total. The fourth-order valence-corrected chi connectivity index (χ4v) is 0. The molecule has 0 aromatic rings. The van der Waals surface area contributed by atoms with Crippen molar-refractivity contribution in [2.45, 2.75) is 13.8 Å². The van der Waals surface area contributed by atoms with Crippen LogP contribution in [0.5, 0.6) is 0 Å². The van der Waals surface area contributed by atoms with Crippen LogP contribution in [0.25, 0.3) is 0 Å². The van der Waals surface area contributed by atoms with E-state index < -0.39 is 6.89 Å². The standard InChI is InChI=1S/C6H15P.Y/c1-6(2)7(3,4)5;/h1-5H3;/q;+3. The third kappa shape index (κ3) is 5.54. The monoisotopic (exact) mass is 207 g/mol. The van der Waals surface area contributed by atoms with Crippen molar-refractivity contribution in [3.63, 3.8) is 0 Å². The Labute approximate surface area is 78.3 Å². The molecule has 0 N–H and O–H groups in total. The van der Waals surface area contributed by atoms with E-state index in [1.54, 1.807) is 5.29 Å². The van der Waals surface area contributed by atoms with Crippen molar-refractivity contribution in [2.24, 2.45) is 0 Å². The van der Waals surface area contributed by atoms with Gasteiger partial charge in [-0.1, -0.05) is 5.29 Å². The summed E-state index contributed by atoms with van der Waals surface area (Å²) in [4.78, 5) is 0. The van der Waals surface area contributed by atoms with Crippen LogP contribution < -0.4 is 0 Å². The zero-order chi connectivity index (χ0) is 6.08. The molecule has 0 atom stereocenters. The summed E-state index contributed by atoms with van der Waals surface area (Å²) in [5.41, 5.74) is 0. The molecule has 0 spiro atoms. The quantitative estimate of drug-likeness (QED) is 0.533. The summed E-state index contributed by atoms with van der Waals surface area (Å²) in [6, 6.07) is 0. The van der Waals surface area contributed by atoms with Gasteiger partial charge in [-0.3, -0.25) is 0 Å². The Hall–Kier alpha value is 1.40. The van der Waals surface area contributed by atoms with Crippen LogP contribution in [0, 0.1) is 0 Å². The van der Waals surface area contributed by atoms with Gasteiger partial charge in [0.25, 0.3) is 0 Å². The summed E-state index contributed by atoms with van der Waals surface area (Å²) in [7, 11) is 0. The molecule has 0 amide bonds. The Morgan fingerprint density at radius 2 is 1.12 bits per heavy atom. The average molecular weight is 207 g/mol. The van der Waals surface area contributed by atoms with Gasteiger partial charge < -0.3 is 0 Å². The van der Waals surface area contributed by atoms with Crippen molar-refractivity contribution < 1.29 is 32.7 Å². The predicted molar refractivity (Wildman–Crippen MR) is 41.0 cm³/mol. The number of rotatable bonds is 0. The van der Waals surface area contributed by atoms with E-state index in [0.717, 1.165) is 0 Å². The van der Waals surface area contributed by atoms with E-state index in [0.29, 0.717) is 0 Å². The molecule has 0 bridgehead atoms. The first-order valence-corrected chi connectivity index (χ1v) is 5.70. The van der Waals surface area contributed by atoms with Crippen molar-refractivity contribution in [3.05, 3.63) is 0 Å². The SMILES string of the molecule is CC(C)=P(C)(C)C.[Y+3]. The molecular formula is C6H15PY+3. The molecule has 0 aliphatic heterocycles. The van der Waals surface area contributed by atoms with Crippen molar-refractivity contribution in [3.8, 4) is 0 Å². The molecule has 0 saturated heterocycles. The van der Waals surface area contributed by atoms with Gasteiger partial charge in [-0.2, -0.15) is 0 Å². The Morgan fingerprint density at radius 1 is 1.00 bits per heavy atom. The van der Waals surface area contributed by atoms with Crippen molar-refractivity contribution in [1.29, 1.82) is 0 Å². The van der Waals surface area contributed by atoms with E-state index in [2.05, 4.69) is 33.8 Å². The Balaban J connectivity index is 0. The molecule has 0 aliphatic carbocycles. The van der Waals surface area contributed by atoms with Crippen LogP contribution in [0.3, 0.4) is 0 Å². The first kappa shape index (κ1) is 12.1. The first-order chi connectivity index (χ1) is 2.94. The van der Waals surface area contributed by atoms with E-state index >= 15 is 0 Å². The van der Waals surface area contributed by atoms with Gasteiger partial charge in [0.15, 0.2) is 0 Å². The van der Waals surface area contributed by atoms with E-state index in [-0.39, 0.29) is 32.7 Å². The zero-order valence-electron chi connectivity index (χ0n) is 6.52. The average Bonchev–Trinajstić information content (AvgIpc) is 1.31. The van der Waals surface area contributed by atoms with Gasteiger partial charge in [0.05, 0.1) is 0 Å². The van der Waals surface area contributed by atoms with E-state index in [9.17, 15) is 0 Å². The van der Waals surface area contributed by atoms with Gasteiger partial charge >= 0.3 is 32.7 Å². The van der Waals surface area contributed by atoms with Gasteiger partial charge in [-0.15, -0.1) is 6.89 Å². The van der Waals surface area contributed by atoms with Crippen LogP contribution >= 0.6 is 6.89 Å². The van der Waals surface area contributed by atoms with Gasteiger partial charge in [0.1, 0.15) is 0 Å². The van der Waals surface area contributed by atoms with Crippen LogP contribution in [-0.2, 0) is 32.7 Å². The van der Waals surface area contributed by atoms with Crippen LogP contribution in [0.15, 0.2) is 0 Å². The Morgan fingerprint density at radius 3 is 1.12 bits per heavy atom. The van der Waals surface area contributed by atoms with Crippen LogP contribution in [0.1, 0.15) is 13.8 Å². The molecule has 2 heteroatoms. The van der Waals surface area contributed by atoms with Crippen molar-refractivity contribution in [2.75, 3.05) is 20.0 Å². The Bertz CT molecular complexity index is 97.4. The summed E-state index contributed by atoms with van der Waals surface area (Å²) in [5.74, 6) is 0. The van der Waals surface area contributed by atoms with Gasteiger partial charge in [0.2, 0.25) is 0 Å². The van der Waals surface area contributed by atoms with Gasteiger partial charge in [-0.05, 0) is 33.8 Å². The first-order valence-electron chi connectivity index (χ1n) is 2.57. The Kier molecular flexibility index (Phi) is 6.45. The van der Waals surface area contributed by atoms with Crippen LogP contribution in [0.4, 0.5) is 0 Å². The molecule has 0 saturated carbocycles. The van der Waals surface area contributed by atoms with Crippen molar-refractivity contribution >= 4 is 12.2 Å². The molecule has 0 aromatic carbocycles. The van der Waals surface area contributed by atoms with E-state index in [4.69, 9.17) is 0 Å². The molecule has 8 heavy (non-hydrogen) atoms. The second-order valence-corrected chi connectivity index (χ2v) is 7.88. The second kappa shape index (κ2) is 4.26. The summed E-state index contributed by atoms with van der Waals surface area (Å²) in [6.45, 7) is 10.9. The van der Waals surface area contributed by atoms with Gasteiger partial charge in [0, 0.05) is 0 Å². The minimum absolute atomic E-state index is 0. The molecule has 0 unspecified atom stereocenters. The maximum absolute atomic E-state index is 2.34. The summed E-state index contributed by atoms with van der Waals surface area (Å²) < 4.78 is 0. The number of hydrogen-bond acceptors (Lipinski definition) is 0. The molecule has 0 radical (unpaired) electrons. The molecular weight excluding hydrogens is 192 g/mol. The van der Waals surface area contributed by atoms with E-state index in [1.807, 2.05) is 0 Å². The summed E-state index contributed by atoms with van der Waals surface area (Å²) in [5, 5.41) is 1.60. The minimum atomic E-state index is -0.571. The maximum atomic E-state index is 2.34. The molecule has 0 rings (SSSR count). The normalized spacial score (nSPS) is 10.1. The summed E-state index contributed by atoms with van der Waals surface area (Å²) >= 11 is 0. The molecule has 0 aromatic heterocycles. The number of hydrogen-bond donors (Lipinski definition) is 0. The van der Waals surface area contributed by atoms with Gasteiger partial charge in [-0.25, -0.2) is 0 Å². The molecule has 44 valence electrons. The topological polar surface area (TPSA) is 0 Å². The fourth-order valence-electron chi connectivity index (χ4n) is 0. The largest absolute Gasteiger partial charge is 3.00 e. The maximum Gasteiger partial charge on any atom is 3.00 e. The minimum Gasteiger partial charge on any atom is -0.115 e. The van der Waals surface area contributed by atoms with Crippen molar-refractivity contribution in [1.82, 2.24) is 0 Å². The summed E-state index contributed by atoms with van der Waals surface area (Å²) in [6.07, 6.45) is 0. The smallest absolute Gasteiger partial charge is 0.115 e. The third-order valence-electron chi connectivity index (χ3n) is 1.34. The molecule has 0 fully saturated rings. The third-order valence-corrected chi connectivity index (χ3v) is 4.02.